The van der Waals surface area contributed by atoms with E-state index in [-0.39, 0.29) is 11.7 Å². The van der Waals surface area contributed by atoms with Crippen LogP contribution in [0.1, 0.15) is 44.5 Å². The zero-order chi connectivity index (χ0) is 16.4. The van der Waals surface area contributed by atoms with Crippen molar-refractivity contribution >= 4 is 39.4 Å². The van der Waals surface area contributed by atoms with E-state index in [9.17, 15) is 4.79 Å². The second kappa shape index (κ2) is 7.00. The zero-order valence-electron chi connectivity index (χ0n) is 13.0. The minimum atomic E-state index is -0.101. The first-order chi connectivity index (χ1) is 11.0. The lowest BCUT2D eigenvalue weighted by molar-refractivity contribution is -0.113. The maximum Gasteiger partial charge on any atom is 0.236 e. The summed E-state index contributed by atoms with van der Waals surface area (Å²) >= 11 is 4.73. The van der Waals surface area contributed by atoms with Crippen LogP contribution in [-0.4, -0.2) is 31.4 Å². The second-order valence-electron chi connectivity index (χ2n) is 5.78. The highest BCUT2D eigenvalue weighted by molar-refractivity contribution is 9.10. The van der Waals surface area contributed by atoms with Gasteiger partial charge in [0.05, 0.1) is 5.75 Å². The molecule has 0 bridgehead atoms. The van der Waals surface area contributed by atoms with E-state index in [4.69, 9.17) is 0 Å². The molecule has 0 unspecified atom stereocenters. The predicted molar refractivity (Wildman–Crippen MR) is 93.7 cm³/mol. The maximum absolute atomic E-state index is 12.1. The van der Waals surface area contributed by atoms with Gasteiger partial charge in [0.1, 0.15) is 11.6 Å². The van der Waals surface area contributed by atoms with Crippen molar-refractivity contribution in [3.63, 3.8) is 0 Å². The van der Waals surface area contributed by atoms with Gasteiger partial charge in [-0.25, -0.2) is 4.98 Å². The number of halogens is 1. The molecular formula is C15H18BrN5OS. The van der Waals surface area contributed by atoms with E-state index in [0.717, 1.165) is 15.5 Å². The van der Waals surface area contributed by atoms with Gasteiger partial charge in [-0.2, -0.15) is 0 Å². The van der Waals surface area contributed by atoms with Gasteiger partial charge in [0.15, 0.2) is 5.16 Å². The number of carbonyl (C=O) groups is 1. The predicted octanol–water partition coefficient (Wildman–Crippen LogP) is 3.62. The monoisotopic (exact) mass is 395 g/mol. The van der Waals surface area contributed by atoms with Gasteiger partial charge in [-0.1, -0.05) is 11.8 Å². The van der Waals surface area contributed by atoms with Gasteiger partial charge >= 0.3 is 0 Å². The summed E-state index contributed by atoms with van der Waals surface area (Å²) in [5.41, 5.74) is 0. The Morgan fingerprint density at radius 2 is 2.22 bits per heavy atom. The Kier molecular flexibility index (Phi) is 5.01. The van der Waals surface area contributed by atoms with Crippen LogP contribution in [0.2, 0.25) is 0 Å². The molecule has 1 aliphatic carbocycles. The lowest BCUT2D eigenvalue weighted by atomic mass is 10.3. The van der Waals surface area contributed by atoms with Gasteiger partial charge in [0.2, 0.25) is 5.91 Å². The second-order valence-corrected chi connectivity index (χ2v) is 7.64. The van der Waals surface area contributed by atoms with Gasteiger partial charge in [-0.15, -0.1) is 10.2 Å². The first-order valence-corrected chi connectivity index (χ1v) is 9.31. The van der Waals surface area contributed by atoms with Gasteiger partial charge in [-0.3, -0.25) is 4.79 Å². The van der Waals surface area contributed by atoms with Crippen LogP contribution >= 0.6 is 27.7 Å². The average Bonchev–Trinajstić information content (AvgIpc) is 3.27. The van der Waals surface area contributed by atoms with Crippen LogP contribution < -0.4 is 5.32 Å². The van der Waals surface area contributed by atoms with Crippen LogP contribution in [0.3, 0.4) is 0 Å². The number of nitrogens with zero attached hydrogens (tertiary/aromatic N) is 4. The summed E-state index contributed by atoms with van der Waals surface area (Å²) in [6, 6.07) is 3.89. The SMILES string of the molecule is CC(C)n1c(SCC(=O)Nc2ccc(Br)cn2)nnc1C1CC1. The number of hydrogen-bond donors (Lipinski definition) is 1. The van der Waals surface area contributed by atoms with Crippen molar-refractivity contribution in [3.05, 3.63) is 28.6 Å². The van der Waals surface area contributed by atoms with Crippen LogP contribution in [0.4, 0.5) is 5.82 Å². The number of pyridine rings is 1. The molecule has 122 valence electrons. The van der Waals surface area contributed by atoms with Crippen molar-refractivity contribution in [2.24, 2.45) is 0 Å². The molecule has 0 radical (unpaired) electrons. The van der Waals surface area contributed by atoms with Crippen LogP contribution in [-0.2, 0) is 4.79 Å². The van der Waals surface area contributed by atoms with Crippen LogP contribution in [0.15, 0.2) is 28.0 Å². The summed E-state index contributed by atoms with van der Waals surface area (Å²) in [5, 5.41) is 12.2. The quantitative estimate of drug-likeness (QED) is 0.755. The van der Waals surface area contributed by atoms with E-state index in [0.29, 0.717) is 17.8 Å². The molecule has 2 heterocycles. The normalized spacial score (nSPS) is 14.3. The maximum atomic E-state index is 12.1. The van der Waals surface area contributed by atoms with Crippen LogP contribution in [0.25, 0.3) is 0 Å². The fourth-order valence-corrected chi connectivity index (χ4v) is 3.36. The molecule has 1 N–H and O–H groups in total. The minimum absolute atomic E-state index is 0.101. The molecule has 1 fully saturated rings. The smallest absolute Gasteiger partial charge is 0.236 e. The average molecular weight is 396 g/mol. The summed E-state index contributed by atoms with van der Waals surface area (Å²) < 4.78 is 3.02. The van der Waals surface area contributed by atoms with Crippen LogP contribution in [0.5, 0.6) is 0 Å². The topological polar surface area (TPSA) is 72.7 Å². The van der Waals surface area contributed by atoms with Gasteiger partial charge < -0.3 is 9.88 Å². The van der Waals surface area contributed by atoms with E-state index in [1.165, 1.54) is 24.6 Å². The summed E-state index contributed by atoms with van der Waals surface area (Å²) in [7, 11) is 0. The number of nitrogens with one attached hydrogen (secondary N) is 1. The summed E-state index contributed by atoms with van der Waals surface area (Å²) in [5.74, 6) is 2.32. The highest BCUT2D eigenvalue weighted by atomic mass is 79.9. The van der Waals surface area contributed by atoms with Crippen molar-refractivity contribution in [2.75, 3.05) is 11.1 Å². The fraction of sp³-hybridized carbons (Fsp3) is 0.467. The Labute approximate surface area is 147 Å². The Morgan fingerprint density at radius 1 is 1.43 bits per heavy atom. The molecule has 0 atom stereocenters. The first kappa shape index (κ1) is 16.4. The lowest BCUT2D eigenvalue weighted by Gasteiger charge is -2.13. The summed E-state index contributed by atoms with van der Waals surface area (Å²) in [6.07, 6.45) is 4.02. The van der Waals surface area contributed by atoms with Crippen molar-refractivity contribution in [1.82, 2.24) is 19.7 Å². The Bertz CT molecular complexity index is 696. The molecule has 2 aromatic heterocycles. The molecule has 6 nitrogen and oxygen atoms in total. The molecule has 1 saturated carbocycles. The molecule has 0 saturated heterocycles. The van der Waals surface area contributed by atoms with Gasteiger partial charge in [0, 0.05) is 22.6 Å². The molecule has 8 heteroatoms. The lowest BCUT2D eigenvalue weighted by Crippen LogP contribution is -2.16. The number of thioether (sulfide) groups is 1. The highest BCUT2D eigenvalue weighted by Crippen LogP contribution is 2.41. The zero-order valence-corrected chi connectivity index (χ0v) is 15.4. The third-order valence-corrected chi connectivity index (χ3v) is 4.89. The molecule has 3 rings (SSSR count). The van der Waals surface area contributed by atoms with E-state index >= 15 is 0 Å². The molecule has 1 amide bonds. The highest BCUT2D eigenvalue weighted by Gasteiger charge is 2.31. The molecule has 0 spiro atoms. The third-order valence-electron chi connectivity index (χ3n) is 3.48. The standard InChI is InChI=1S/C15H18BrN5OS/c1-9(2)21-14(10-3-4-10)19-20-15(21)23-8-13(22)18-12-6-5-11(16)7-17-12/h5-7,9-10H,3-4,8H2,1-2H3,(H,17,18,22). The largest absolute Gasteiger partial charge is 0.310 e. The number of amides is 1. The van der Waals surface area contributed by atoms with Crippen molar-refractivity contribution in [2.45, 2.75) is 43.8 Å². The summed E-state index contributed by atoms with van der Waals surface area (Å²) in [6.45, 7) is 4.23. The number of hydrogen-bond acceptors (Lipinski definition) is 5. The molecule has 2 aromatic rings. The van der Waals surface area contributed by atoms with Gasteiger partial charge in [-0.05, 0) is 54.8 Å². The number of aromatic nitrogens is 4. The number of carbonyl (C=O) groups excluding carboxylic acids is 1. The molecule has 0 aliphatic heterocycles. The third kappa shape index (κ3) is 4.11. The Balaban J connectivity index is 1.61. The minimum Gasteiger partial charge on any atom is -0.310 e. The summed E-state index contributed by atoms with van der Waals surface area (Å²) in [4.78, 5) is 16.2. The van der Waals surface area contributed by atoms with E-state index < -0.39 is 0 Å². The van der Waals surface area contributed by atoms with Crippen molar-refractivity contribution in [3.8, 4) is 0 Å². The number of anilines is 1. The Hall–Kier alpha value is -1.41. The van der Waals surface area contributed by atoms with Crippen molar-refractivity contribution in [1.29, 1.82) is 0 Å². The van der Waals surface area contributed by atoms with Gasteiger partial charge in [0.25, 0.3) is 0 Å². The number of rotatable bonds is 6. The molecular weight excluding hydrogens is 378 g/mol. The molecule has 23 heavy (non-hydrogen) atoms. The van der Waals surface area contributed by atoms with E-state index in [1.807, 2.05) is 6.07 Å². The van der Waals surface area contributed by atoms with E-state index in [1.54, 1.807) is 12.3 Å². The van der Waals surface area contributed by atoms with Crippen molar-refractivity contribution < 1.29 is 4.79 Å². The molecule has 1 aliphatic rings. The van der Waals surface area contributed by atoms with Crippen LogP contribution in [0, 0.1) is 0 Å². The Morgan fingerprint density at radius 3 is 2.83 bits per heavy atom. The molecule has 0 aromatic carbocycles. The van der Waals surface area contributed by atoms with E-state index in [2.05, 4.69) is 54.8 Å². The first-order valence-electron chi connectivity index (χ1n) is 7.53. The fourth-order valence-electron chi connectivity index (χ4n) is 2.25.